The molecular formula is C10H20N4O3S. The first-order chi connectivity index (χ1) is 8.18. The lowest BCUT2D eigenvalue weighted by molar-refractivity contribution is 0.214. The number of sulfonamides is 1. The van der Waals surface area contributed by atoms with E-state index in [1.807, 2.05) is 20.8 Å². The number of nitrogens with zero attached hydrogens (tertiary/aromatic N) is 1. The Kier molecular flexibility index (Phi) is 4.36. The van der Waals surface area contributed by atoms with Crippen LogP contribution in [0.3, 0.4) is 0 Å². The van der Waals surface area contributed by atoms with Crippen molar-refractivity contribution in [2.45, 2.75) is 38.1 Å². The number of aromatic amines is 1. The number of hydrogen-bond donors (Lipinski definition) is 4. The van der Waals surface area contributed by atoms with Gasteiger partial charge in [-0.05, 0) is 11.8 Å². The molecule has 1 aromatic heterocycles. The molecule has 0 saturated carbocycles. The fourth-order valence-corrected chi connectivity index (χ4v) is 3.05. The summed E-state index contributed by atoms with van der Waals surface area (Å²) in [4.78, 5) is -0.0744. The summed E-state index contributed by atoms with van der Waals surface area (Å²) in [6.07, 6.45) is 1.50. The van der Waals surface area contributed by atoms with Gasteiger partial charge < -0.3 is 10.8 Å². The minimum absolute atomic E-state index is 0.000780. The fourth-order valence-electron chi connectivity index (χ4n) is 1.55. The molecule has 7 nitrogen and oxygen atoms in total. The average molecular weight is 276 g/mol. The van der Waals surface area contributed by atoms with Gasteiger partial charge in [0.1, 0.15) is 10.7 Å². The van der Waals surface area contributed by atoms with Crippen molar-refractivity contribution in [3.05, 3.63) is 6.20 Å². The largest absolute Gasteiger partial charge is 0.396 e. The normalized spacial score (nSPS) is 14.7. The Morgan fingerprint density at radius 1 is 1.56 bits per heavy atom. The molecule has 18 heavy (non-hydrogen) atoms. The lowest BCUT2D eigenvalue weighted by Crippen LogP contribution is -2.44. The molecule has 0 amide bonds. The maximum atomic E-state index is 12.1. The van der Waals surface area contributed by atoms with Crippen LogP contribution in [0, 0.1) is 5.41 Å². The van der Waals surface area contributed by atoms with Crippen molar-refractivity contribution >= 4 is 15.8 Å². The second-order valence-corrected chi connectivity index (χ2v) is 6.88. The highest BCUT2D eigenvalue weighted by Gasteiger charge is 2.30. The summed E-state index contributed by atoms with van der Waals surface area (Å²) in [7, 11) is -3.73. The van der Waals surface area contributed by atoms with Gasteiger partial charge in [-0.2, -0.15) is 5.10 Å². The monoisotopic (exact) mass is 276 g/mol. The third-order valence-corrected chi connectivity index (χ3v) is 4.18. The zero-order valence-electron chi connectivity index (χ0n) is 10.8. The number of aliphatic hydroxyl groups excluding tert-OH is 1. The van der Waals surface area contributed by atoms with Crippen LogP contribution in [0.4, 0.5) is 5.82 Å². The molecule has 1 heterocycles. The quantitative estimate of drug-likeness (QED) is 0.606. The van der Waals surface area contributed by atoms with E-state index in [4.69, 9.17) is 10.8 Å². The summed E-state index contributed by atoms with van der Waals surface area (Å²) in [5.74, 6) is -0.000780. The van der Waals surface area contributed by atoms with E-state index in [-0.39, 0.29) is 28.8 Å². The van der Waals surface area contributed by atoms with Crippen molar-refractivity contribution < 1.29 is 13.5 Å². The molecule has 0 bridgehead atoms. The van der Waals surface area contributed by atoms with Crippen LogP contribution in [0.25, 0.3) is 0 Å². The van der Waals surface area contributed by atoms with Crippen LogP contribution < -0.4 is 10.5 Å². The maximum absolute atomic E-state index is 12.1. The van der Waals surface area contributed by atoms with E-state index >= 15 is 0 Å². The number of nitrogen functional groups attached to an aromatic ring is 1. The van der Waals surface area contributed by atoms with Crippen LogP contribution in [0.2, 0.25) is 0 Å². The second-order valence-electron chi connectivity index (χ2n) is 5.20. The van der Waals surface area contributed by atoms with Crippen LogP contribution in [0.5, 0.6) is 0 Å². The summed E-state index contributed by atoms with van der Waals surface area (Å²) in [5.41, 5.74) is 5.19. The summed E-state index contributed by atoms with van der Waals surface area (Å²) in [5, 5.41) is 15.0. The lowest BCUT2D eigenvalue weighted by atomic mass is 9.86. The number of rotatable bonds is 5. The standard InChI is InChI=1S/C10H20N4O3S/c1-10(2,3)8(4-5-15)14-18(16,17)7-6-12-13-9(7)11/h6,8,14-15H,4-5H2,1-3H3,(H3,11,12,13). The van der Waals surface area contributed by atoms with E-state index in [1.165, 1.54) is 0 Å². The van der Waals surface area contributed by atoms with E-state index in [1.54, 1.807) is 0 Å². The third kappa shape index (κ3) is 3.44. The van der Waals surface area contributed by atoms with Crippen molar-refractivity contribution in [1.82, 2.24) is 14.9 Å². The van der Waals surface area contributed by atoms with Crippen molar-refractivity contribution in [1.29, 1.82) is 0 Å². The van der Waals surface area contributed by atoms with Gasteiger partial charge in [0.05, 0.1) is 6.20 Å². The molecule has 0 saturated heterocycles. The first kappa shape index (κ1) is 14.9. The summed E-state index contributed by atoms with van der Waals surface area (Å²) >= 11 is 0. The minimum Gasteiger partial charge on any atom is -0.396 e. The molecule has 1 aromatic rings. The molecule has 0 fully saturated rings. The van der Waals surface area contributed by atoms with Gasteiger partial charge in [-0.15, -0.1) is 0 Å². The molecule has 0 aliphatic rings. The SMILES string of the molecule is CC(C)(C)C(CCO)NS(=O)(=O)c1cn[nH]c1N. The van der Waals surface area contributed by atoms with Gasteiger partial charge in [-0.1, -0.05) is 20.8 Å². The Bertz CT molecular complexity index is 489. The topological polar surface area (TPSA) is 121 Å². The first-order valence-electron chi connectivity index (χ1n) is 5.60. The zero-order chi connectivity index (χ0) is 14.0. The highest BCUT2D eigenvalue weighted by molar-refractivity contribution is 7.89. The molecular weight excluding hydrogens is 256 g/mol. The minimum atomic E-state index is -3.73. The van der Waals surface area contributed by atoms with E-state index in [0.29, 0.717) is 6.42 Å². The number of nitrogens with one attached hydrogen (secondary N) is 2. The van der Waals surface area contributed by atoms with Crippen LogP contribution >= 0.6 is 0 Å². The fraction of sp³-hybridized carbons (Fsp3) is 0.700. The molecule has 0 aromatic carbocycles. The molecule has 8 heteroatoms. The van der Waals surface area contributed by atoms with E-state index < -0.39 is 10.0 Å². The lowest BCUT2D eigenvalue weighted by Gasteiger charge is -2.30. The van der Waals surface area contributed by atoms with Gasteiger partial charge >= 0.3 is 0 Å². The first-order valence-corrected chi connectivity index (χ1v) is 7.09. The van der Waals surface area contributed by atoms with Crippen LogP contribution in [-0.4, -0.2) is 36.4 Å². The number of anilines is 1. The van der Waals surface area contributed by atoms with Gasteiger partial charge in [0.2, 0.25) is 10.0 Å². The Morgan fingerprint density at radius 2 is 2.17 bits per heavy atom. The third-order valence-electron chi connectivity index (χ3n) is 2.68. The number of aliphatic hydroxyl groups is 1. The van der Waals surface area contributed by atoms with Crippen molar-refractivity contribution in [2.75, 3.05) is 12.3 Å². The molecule has 1 unspecified atom stereocenters. The Hall–Kier alpha value is -1.12. The summed E-state index contributed by atoms with van der Waals surface area (Å²) in [6, 6.07) is -0.387. The Morgan fingerprint density at radius 3 is 2.56 bits per heavy atom. The van der Waals surface area contributed by atoms with Gasteiger partial charge in [0.15, 0.2) is 0 Å². The maximum Gasteiger partial charge on any atom is 0.246 e. The molecule has 5 N–H and O–H groups in total. The smallest absolute Gasteiger partial charge is 0.246 e. The number of H-pyrrole nitrogens is 1. The van der Waals surface area contributed by atoms with Crippen LogP contribution in [0.15, 0.2) is 11.1 Å². The van der Waals surface area contributed by atoms with E-state index in [9.17, 15) is 8.42 Å². The average Bonchev–Trinajstić information content (AvgIpc) is 2.63. The molecule has 1 rings (SSSR count). The number of nitrogens with two attached hydrogens (primary N) is 1. The predicted octanol–water partition coefficient (Wildman–Crippen LogP) is 0.0673. The molecule has 0 aliphatic heterocycles. The second kappa shape index (κ2) is 5.25. The molecule has 104 valence electrons. The Balaban J connectivity index is 2.97. The molecule has 0 spiro atoms. The Labute approximate surface area is 107 Å². The zero-order valence-corrected chi connectivity index (χ0v) is 11.6. The van der Waals surface area contributed by atoms with Gasteiger partial charge in [0.25, 0.3) is 0 Å². The molecule has 1 atom stereocenters. The van der Waals surface area contributed by atoms with Crippen LogP contribution in [0.1, 0.15) is 27.2 Å². The van der Waals surface area contributed by atoms with Crippen molar-refractivity contribution in [3.8, 4) is 0 Å². The number of aromatic nitrogens is 2. The highest BCUT2D eigenvalue weighted by atomic mass is 32.2. The molecule has 0 radical (unpaired) electrons. The summed E-state index contributed by atoms with van der Waals surface area (Å²) < 4.78 is 26.8. The van der Waals surface area contributed by atoms with Crippen LogP contribution in [-0.2, 0) is 10.0 Å². The van der Waals surface area contributed by atoms with Gasteiger partial charge in [0, 0.05) is 12.6 Å². The van der Waals surface area contributed by atoms with Gasteiger partial charge in [-0.25, -0.2) is 13.1 Å². The molecule has 0 aliphatic carbocycles. The van der Waals surface area contributed by atoms with Crippen molar-refractivity contribution in [2.24, 2.45) is 5.41 Å². The number of hydrogen-bond acceptors (Lipinski definition) is 5. The van der Waals surface area contributed by atoms with Gasteiger partial charge in [-0.3, -0.25) is 5.10 Å². The van der Waals surface area contributed by atoms with E-state index in [2.05, 4.69) is 14.9 Å². The summed E-state index contributed by atoms with van der Waals surface area (Å²) in [6.45, 7) is 5.60. The van der Waals surface area contributed by atoms with Crippen molar-refractivity contribution in [3.63, 3.8) is 0 Å². The van der Waals surface area contributed by atoms with E-state index in [0.717, 1.165) is 6.20 Å². The highest BCUT2D eigenvalue weighted by Crippen LogP contribution is 2.24. The predicted molar refractivity (Wildman–Crippen MR) is 68.3 cm³/mol.